The smallest absolute Gasteiger partial charge is 0.185 e. The zero-order valence-electron chi connectivity index (χ0n) is 11.1. The van der Waals surface area contributed by atoms with Crippen LogP contribution in [0.25, 0.3) is 0 Å². The molecule has 0 aliphatic rings. The summed E-state index contributed by atoms with van der Waals surface area (Å²) in [6.45, 7) is 1.47. The third-order valence-corrected chi connectivity index (χ3v) is 2.84. The number of aldehydes is 1. The Hall–Kier alpha value is -2.07. The Bertz CT molecular complexity index is 531. The van der Waals surface area contributed by atoms with Crippen LogP contribution in [-0.2, 0) is 13.1 Å². The Morgan fingerprint density at radius 3 is 2.47 bits per heavy atom. The Morgan fingerprint density at radius 2 is 1.89 bits per heavy atom. The number of hydrogen-bond donors (Lipinski definition) is 0. The summed E-state index contributed by atoms with van der Waals surface area (Å²) in [5.74, 6) is 2.01. The molecule has 0 aliphatic carbocycles. The molecule has 4 nitrogen and oxygen atoms in total. The summed E-state index contributed by atoms with van der Waals surface area (Å²) < 4.78 is 10.5. The lowest BCUT2D eigenvalue weighted by Crippen LogP contribution is -2.16. The van der Waals surface area contributed by atoms with E-state index in [-0.39, 0.29) is 0 Å². The third-order valence-electron chi connectivity index (χ3n) is 2.84. The summed E-state index contributed by atoms with van der Waals surface area (Å²) in [6.07, 6.45) is 0.715. The zero-order chi connectivity index (χ0) is 13.7. The van der Waals surface area contributed by atoms with Crippen molar-refractivity contribution >= 4 is 6.29 Å². The molecule has 0 radical (unpaired) electrons. The molecule has 1 aromatic heterocycles. The molecule has 1 heterocycles. The van der Waals surface area contributed by atoms with Gasteiger partial charge in [0.05, 0.1) is 13.7 Å². The molecule has 2 aromatic rings. The van der Waals surface area contributed by atoms with Gasteiger partial charge in [-0.05, 0) is 36.9 Å². The largest absolute Gasteiger partial charge is 0.497 e. The van der Waals surface area contributed by atoms with E-state index in [0.717, 1.165) is 18.1 Å². The van der Waals surface area contributed by atoms with Crippen molar-refractivity contribution in [2.75, 3.05) is 14.2 Å². The normalized spacial score (nSPS) is 10.7. The monoisotopic (exact) mass is 259 g/mol. The number of hydrogen-bond acceptors (Lipinski definition) is 4. The minimum absolute atomic E-state index is 0.368. The van der Waals surface area contributed by atoms with Crippen molar-refractivity contribution in [2.24, 2.45) is 0 Å². The predicted octanol–water partition coefficient (Wildman–Crippen LogP) is 2.73. The summed E-state index contributed by atoms with van der Waals surface area (Å²) in [4.78, 5) is 12.7. The summed E-state index contributed by atoms with van der Waals surface area (Å²) >= 11 is 0. The number of furan rings is 1. The first-order valence-corrected chi connectivity index (χ1v) is 6.06. The van der Waals surface area contributed by atoms with E-state index < -0.39 is 0 Å². The zero-order valence-corrected chi connectivity index (χ0v) is 11.1. The van der Waals surface area contributed by atoms with E-state index in [9.17, 15) is 4.79 Å². The van der Waals surface area contributed by atoms with Crippen molar-refractivity contribution in [1.29, 1.82) is 0 Å². The molecule has 0 fully saturated rings. The van der Waals surface area contributed by atoms with Gasteiger partial charge in [0.25, 0.3) is 0 Å². The number of carbonyl (C=O) groups excluding carboxylic acids is 1. The van der Waals surface area contributed by atoms with Crippen LogP contribution in [0.5, 0.6) is 5.75 Å². The van der Waals surface area contributed by atoms with Gasteiger partial charge in [0, 0.05) is 6.54 Å². The van der Waals surface area contributed by atoms with Gasteiger partial charge in [0.15, 0.2) is 12.0 Å². The van der Waals surface area contributed by atoms with Crippen LogP contribution in [0.3, 0.4) is 0 Å². The van der Waals surface area contributed by atoms with Crippen molar-refractivity contribution in [2.45, 2.75) is 13.1 Å². The molecule has 100 valence electrons. The Morgan fingerprint density at radius 1 is 1.16 bits per heavy atom. The maximum absolute atomic E-state index is 10.5. The summed E-state index contributed by atoms with van der Waals surface area (Å²) in [7, 11) is 3.66. The van der Waals surface area contributed by atoms with Gasteiger partial charge in [-0.15, -0.1) is 0 Å². The van der Waals surface area contributed by atoms with Crippen LogP contribution in [-0.4, -0.2) is 25.3 Å². The predicted molar refractivity (Wildman–Crippen MR) is 72.3 cm³/mol. The van der Waals surface area contributed by atoms with E-state index in [1.54, 1.807) is 13.2 Å². The molecule has 0 amide bonds. The van der Waals surface area contributed by atoms with E-state index in [4.69, 9.17) is 9.15 Å². The fraction of sp³-hybridized carbons (Fsp3) is 0.267. The van der Waals surface area contributed by atoms with Gasteiger partial charge < -0.3 is 9.15 Å². The second-order valence-corrected chi connectivity index (χ2v) is 4.44. The highest BCUT2D eigenvalue weighted by molar-refractivity contribution is 5.70. The van der Waals surface area contributed by atoms with Gasteiger partial charge in [0.2, 0.25) is 0 Å². The maximum Gasteiger partial charge on any atom is 0.185 e. The van der Waals surface area contributed by atoms with E-state index in [1.807, 2.05) is 37.4 Å². The van der Waals surface area contributed by atoms with E-state index in [1.165, 1.54) is 5.56 Å². The molecule has 4 heteroatoms. The molecule has 0 aliphatic heterocycles. The average molecular weight is 259 g/mol. The Labute approximate surface area is 112 Å². The van der Waals surface area contributed by atoms with Crippen molar-refractivity contribution in [1.82, 2.24) is 4.90 Å². The van der Waals surface area contributed by atoms with Crippen LogP contribution in [0.1, 0.15) is 21.9 Å². The first-order chi connectivity index (χ1) is 9.21. The molecule has 19 heavy (non-hydrogen) atoms. The molecule has 0 N–H and O–H groups in total. The summed E-state index contributed by atoms with van der Waals surface area (Å²) in [5, 5.41) is 0. The third kappa shape index (κ3) is 3.69. The minimum Gasteiger partial charge on any atom is -0.497 e. The molecule has 0 spiro atoms. The van der Waals surface area contributed by atoms with Crippen LogP contribution in [0, 0.1) is 0 Å². The number of nitrogens with zero attached hydrogens (tertiary/aromatic N) is 1. The fourth-order valence-corrected chi connectivity index (χ4v) is 1.91. The highest BCUT2D eigenvalue weighted by Gasteiger charge is 2.06. The van der Waals surface area contributed by atoms with E-state index >= 15 is 0 Å². The standard InChI is InChI=1S/C15H17NO3/c1-16(10-14-7-8-15(11-17)19-14)9-12-3-5-13(18-2)6-4-12/h3-8,11H,9-10H2,1-2H3. The lowest BCUT2D eigenvalue weighted by Gasteiger charge is -2.15. The van der Waals surface area contributed by atoms with E-state index in [0.29, 0.717) is 18.6 Å². The number of benzene rings is 1. The van der Waals surface area contributed by atoms with Crippen LogP contribution in [0.2, 0.25) is 0 Å². The van der Waals surface area contributed by atoms with Crippen molar-refractivity contribution in [3.8, 4) is 5.75 Å². The van der Waals surface area contributed by atoms with Crippen LogP contribution in [0.4, 0.5) is 0 Å². The van der Waals surface area contributed by atoms with Gasteiger partial charge in [-0.1, -0.05) is 12.1 Å². The lowest BCUT2D eigenvalue weighted by atomic mass is 10.2. The highest BCUT2D eigenvalue weighted by Crippen LogP contribution is 2.14. The fourth-order valence-electron chi connectivity index (χ4n) is 1.91. The van der Waals surface area contributed by atoms with Crippen molar-refractivity contribution in [3.63, 3.8) is 0 Å². The topological polar surface area (TPSA) is 42.7 Å². The van der Waals surface area contributed by atoms with Crippen LogP contribution in [0.15, 0.2) is 40.8 Å². The summed E-state index contributed by atoms with van der Waals surface area (Å²) in [5.41, 5.74) is 1.20. The first-order valence-electron chi connectivity index (χ1n) is 6.06. The van der Waals surface area contributed by atoms with Gasteiger partial charge >= 0.3 is 0 Å². The molecule has 0 saturated carbocycles. The lowest BCUT2D eigenvalue weighted by molar-refractivity contribution is 0.109. The van der Waals surface area contributed by atoms with Crippen LogP contribution >= 0.6 is 0 Å². The van der Waals surface area contributed by atoms with Gasteiger partial charge in [-0.3, -0.25) is 9.69 Å². The second kappa shape index (κ2) is 6.20. The van der Waals surface area contributed by atoms with Gasteiger partial charge in [-0.2, -0.15) is 0 Å². The summed E-state index contributed by atoms with van der Waals surface area (Å²) in [6, 6.07) is 11.5. The van der Waals surface area contributed by atoms with Crippen molar-refractivity contribution in [3.05, 3.63) is 53.5 Å². The number of carbonyl (C=O) groups is 1. The van der Waals surface area contributed by atoms with E-state index in [2.05, 4.69) is 4.90 Å². The van der Waals surface area contributed by atoms with Gasteiger partial charge in [0.1, 0.15) is 11.5 Å². The quantitative estimate of drug-likeness (QED) is 0.748. The Balaban J connectivity index is 1.92. The first kappa shape index (κ1) is 13.4. The molecule has 2 rings (SSSR count). The van der Waals surface area contributed by atoms with Crippen LogP contribution < -0.4 is 4.74 Å². The van der Waals surface area contributed by atoms with Gasteiger partial charge in [-0.25, -0.2) is 0 Å². The van der Waals surface area contributed by atoms with Crippen molar-refractivity contribution < 1.29 is 13.9 Å². The molecule has 1 aromatic carbocycles. The molecular weight excluding hydrogens is 242 g/mol. The SMILES string of the molecule is COc1ccc(CN(C)Cc2ccc(C=O)o2)cc1. The highest BCUT2D eigenvalue weighted by atomic mass is 16.5. The molecular formula is C15H17NO3. The Kier molecular flexibility index (Phi) is 4.36. The minimum atomic E-state index is 0.368. The molecule has 0 saturated heterocycles. The number of rotatable bonds is 6. The second-order valence-electron chi connectivity index (χ2n) is 4.44. The average Bonchev–Trinajstić information content (AvgIpc) is 2.87. The number of methoxy groups -OCH3 is 1. The molecule has 0 atom stereocenters. The number of ether oxygens (including phenoxy) is 1. The maximum atomic E-state index is 10.5. The molecule has 0 bridgehead atoms. The molecule has 0 unspecified atom stereocenters.